The second-order valence-electron chi connectivity index (χ2n) is 6.67. The Morgan fingerprint density at radius 1 is 1.19 bits per heavy atom. The first-order valence-electron chi connectivity index (χ1n) is 9.07. The molecule has 0 saturated heterocycles. The second-order valence-corrected chi connectivity index (χ2v) is 6.67. The summed E-state index contributed by atoms with van der Waals surface area (Å²) in [4.78, 5) is 14.9. The van der Waals surface area contributed by atoms with Crippen molar-refractivity contribution in [3.8, 4) is 11.5 Å². The smallest absolute Gasteiger partial charge is 0.231 e. The summed E-state index contributed by atoms with van der Waals surface area (Å²) in [6.07, 6.45) is 0. The maximum absolute atomic E-state index is 13.1. The minimum atomic E-state index is -0.361. The normalized spacial score (nSPS) is 14.6. The second kappa shape index (κ2) is 8.88. The highest BCUT2D eigenvalue weighted by atomic mass is 16.7. The van der Waals surface area contributed by atoms with Gasteiger partial charge in [0.25, 0.3) is 0 Å². The number of hydrogen-bond donors (Lipinski definition) is 1. The third kappa shape index (κ3) is 4.59. The molecule has 144 valence electrons. The van der Waals surface area contributed by atoms with Crippen molar-refractivity contribution in [2.24, 2.45) is 11.7 Å². The van der Waals surface area contributed by atoms with E-state index in [4.69, 9.17) is 19.9 Å². The maximum Gasteiger partial charge on any atom is 0.231 e. The van der Waals surface area contributed by atoms with Gasteiger partial charge >= 0.3 is 0 Å². The van der Waals surface area contributed by atoms with Crippen molar-refractivity contribution in [3.63, 3.8) is 0 Å². The molecule has 1 aliphatic heterocycles. The van der Waals surface area contributed by atoms with Gasteiger partial charge in [-0.2, -0.15) is 0 Å². The fraction of sp³-hybridized carbons (Fsp3) is 0.381. The predicted molar refractivity (Wildman–Crippen MR) is 102 cm³/mol. The lowest BCUT2D eigenvalue weighted by atomic mass is 9.94. The molecule has 0 radical (unpaired) electrons. The van der Waals surface area contributed by atoms with Crippen molar-refractivity contribution in [1.82, 2.24) is 4.90 Å². The highest BCUT2D eigenvalue weighted by Gasteiger charge is 2.27. The number of hydrogen-bond acceptors (Lipinski definition) is 5. The van der Waals surface area contributed by atoms with Crippen molar-refractivity contribution in [3.05, 3.63) is 59.7 Å². The number of rotatable bonds is 8. The van der Waals surface area contributed by atoms with Gasteiger partial charge in [0.2, 0.25) is 12.7 Å². The summed E-state index contributed by atoms with van der Waals surface area (Å²) in [6.45, 7) is 3.53. The van der Waals surface area contributed by atoms with Gasteiger partial charge in [0, 0.05) is 26.2 Å². The lowest BCUT2D eigenvalue weighted by Crippen LogP contribution is -2.40. The lowest BCUT2D eigenvalue weighted by Gasteiger charge is -2.28. The van der Waals surface area contributed by atoms with Crippen LogP contribution in [0.3, 0.4) is 0 Å². The molecule has 2 aromatic carbocycles. The SMILES string of the molecule is COCCN(Cc1ccc2c(c1)OCO2)C(=O)C(C)C(N)c1ccccc1. The molecule has 27 heavy (non-hydrogen) atoms. The van der Waals surface area contributed by atoms with Crippen LogP contribution in [0.15, 0.2) is 48.5 Å². The predicted octanol–water partition coefficient (Wildman–Crippen LogP) is 2.73. The van der Waals surface area contributed by atoms with E-state index in [-0.39, 0.29) is 24.7 Å². The van der Waals surface area contributed by atoms with Gasteiger partial charge < -0.3 is 24.8 Å². The largest absolute Gasteiger partial charge is 0.454 e. The number of methoxy groups -OCH3 is 1. The summed E-state index contributed by atoms with van der Waals surface area (Å²) in [6, 6.07) is 15.1. The van der Waals surface area contributed by atoms with Gasteiger partial charge in [-0.1, -0.05) is 43.3 Å². The number of amides is 1. The Hall–Kier alpha value is -2.57. The number of ether oxygens (including phenoxy) is 3. The Kier molecular flexibility index (Phi) is 6.32. The zero-order valence-electron chi connectivity index (χ0n) is 15.8. The molecule has 1 amide bonds. The highest BCUT2D eigenvalue weighted by molar-refractivity contribution is 5.79. The molecule has 0 aliphatic carbocycles. The van der Waals surface area contributed by atoms with Crippen molar-refractivity contribution >= 4 is 5.91 Å². The van der Waals surface area contributed by atoms with Crippen molar-refractivity contribution < 1.29 is 19.0 Å². The van der Waals surface area contributed by atoms with Crippen LogP contribution in [0.1, 0.15) is 24.1 Å². The average molecular weight is 370 g/mol. The summed E-state index contributed by atoms with van der Waals surface area (Å²) in [5, 5.41) is 0. The van der Waals surface area contributed by atoms with Crippen LogP contribution < -0.4 is 15.2 Å². The molecule has 0 bridgehead atoms. The Balaban J connectivity index is 1.74. The molecule has 2 N–H and O–H groups in total. The van der Waals surface area contributed by atoms with Crippen molar-refractivity contribution in [1.29, 1.82) is 0 Å². The van der Waals surface area contributed by atoms with E-state index in [9.17, 15) is 4.79 Å². The van der Waals surface area contributed by atoms with Gasteiger partial charge in [0.15, 0.2) is 11.5 Å². The quantitative estimate of drug-likeness (QED) is 0.773. The maximum atomic E-state index is 13.1. The van der Waals surface area contributed by atoms with Crippen LogP contribution in [0.5, 0.6) is 11.5 Å². The molecule has 3 rings (SSSR count). The number of nitrogens with two attached hydrogens (primary N) is 1. The number of carbonyl (C=O) groups is 1. The van der Waals surface area contributed by atoms with E-state index in [1.807, 2.05) is 55.5 Å². The van der Waals surface area contributed by atoms with Crippen LogP contribution in [0.2, 0.25) is 0 Å². The van der Waals surface area contributed by atoms with Crippen LogP contribution in [0, 0.1) is 5.92 Å². The van der Waals surface area contributed by atoms with Crippen LogP contribution in [-0.4, -0.2) is 37.9 Å². The molecular weight excluding hydrogens is 344 g/mol. The molecule has 6 heteroatoms. The number of nitrogens with zero attached hydrogens (tertiary/aromatic N) is 1. The first kappa shape index (κ1) is 19.2. The van der Waals surface area contributed by atoms with Crippen LogP contribution >= 0.6 is 0 Å². The minimum absolute atomic E-state index is 0.000991. The molecule has 6 nitrogen and oxygen atoms in total. The van der Waals surface area contributed by atoms with E-state index in [2.05, 4.69) is 0 Å². The van der Waals surface area contributed by atoms with Crippen molar-refractivity contribution in [2.45, 2.75) is 19.5 Å². The molecule has 2 atom stereocenters. The van der Waals surface area contributed by atoms with Gasteiger partial charge in [0.05, 0.1) is 12.5 Å². The summed E-state index contributed by atoms with van der Waals surface area (Å²) < 4.78 is 16.0. The summed E-state index contributed by atoms with van der Waals surface area (Å²) in [5.74, 6) is 1.09. The first-order chi connectivity index (χ1) is 13.1. The summed E-state index contributed by atoms with van der Waals surface area (Å²) in [7, 11) is 1.63. The van der Waals surface area contributed by atoms with Crippen molar-refractivity contribution in [2.75, 3.05) is 27.1 Å². The van der Waals surface area contributed by atoms with Gasteiger partial charge in [-0.3, -0.25) is 4.79 Å². The average Bonchev–Trinajstić information content (AvgIpc) is 3.18. The summed E-state index contributed by atoms with van der Waals surface area (Å²) in [5.41, 5.74) is 8.29. The number of fused-ring (bicyclic) bond motifs is 1. The topological polar surface area (TPSA) is 74.0 Å². The van der Waals surface area contributed by atoms with Gasteiger partial charge in [-0.05, 0) is 23.3 Å². The molecule has 1 aliphatic rings. The molecule has 0 saturated carbocycles. The van der Waals surface area contributed by atoms with Gasteiger partial charge in [0.1, 0.15) is 0 Å². The minimum Gasteiger partial charge on any atom is -0.454 e. The van der Waals surface area contributed by atoms with E-state index in [1.54, 1.807) is 12.0 Å². The number of carbonyl (C=O) groups excluding carboxylic acids is 1. The summed E-state index contributed by atoms with van der Waals surface area (Å²) >= 11 is 0. The van der Waals surface area contributed by atoms with E-state index in [0.29, 0.717) is 25.4 Å². The van der Waals surface area contributed by atoms with Crippen LogP contribution in [-0.2, 0) is 16.1 Å². The zero-order chi connectivity index (χ0) is 19.2. The third-order valence-corrected chi connectivity index (χ3v) is 4.80. The van der Waals surface area contributed by atoms with E-state index < -0.39 is 0 Å². The Bertz CT molecular complexity index is 766. The third-order valence-electron chi connectivity index (χ3n) is 4.80. The first-order valence-corrected chi connectivity index (χ1v) is 9.07. The molecule has 0 aromatic heterocycles. The van der Waals surface area contributed by atoms with E-state index in [0.717, 1.165) is 16.9 Å². The van der Waals surface area contributed by atoms with Crippen LogP contribution in [0.4, 0.5) is 0 Å². The molecule has 1 heterocycles. The molecule has 2 unspecified atom stereocenters. The fourth-order valence-electron chi connectivity index (χ4n) is 3.13. The fourth-order valence-corrected chi connectivity index (χ4v) is 3.13. The molecule has 2 aromatic rings. The van der Waals surface area contributed by atoms with Gasteiger partial charge in [-0.15, -0.1) is 0 Å². The van der Waals surface area contributed by atoms with E-state index in [1.165, 1.54) is 0 Å². The Labute approximate surface area is 159 Å². The number of benzene rings is 2. The molecule has 0 fully saturated rings. The molecular formula is C21H26N2O4. The monoisotopic (exact) mass is 370 g/mol. The Morgan fingerprint density at radius 3 is 2.67 bits per heavy atom. The lowest BCUT2D eigenvalue weighted by molar-refractivity contribution is -0.137. The van der Waals surface area contributed by atoms with Crippen LogP contribution in [0.25, 0.3) is 0 Å². The highest BCUT2D eigenvalue weighted by Crippen LogP contribution is 2.33. The standard InChI is InChI=1S/C21H26N2O4/c1-15(20(22)17-6-4-3-5-7-17)21(24)23(10-11-25-2)13-16-8-9-18-19(12-16)27-14-26-18/h3-9,12,15,20H,10-11,13-14,22H2,1-2H3. The Morgan fingerprint density at radius 2 is 1.93 bits per heavy atom. The molecule has 0 spiro atoms. The van der Waals surface area contributed by atoms with E-state index >= 15 is 0 Å². The van der Waals surface area contributed by atoms with Gasteiger partial charge in [-0.25, -0.2) is 0 Å². The zero-order valence-corrected chi connectivity index (χ0v) is 15.8.